The Labute approximate surface area is 103 Å². The molecule has 0 spiro atoms. The first-order valence-electron chi connectivity index (χ1n) is 6.41. The van der Waals surface area contributed by atoms with Crippen molar-refractivity contribution in [3.63, 3.8) is 0 Å². The molecule has 0 aromatic heterocycles. The van der Waals surface area contributed by atoms with Gasteiger partial charge in [-0.15, -0.1) is 0 Å². The smallest absolute Gasteiger partial charge is 0.251 e. The SMILES string of the molecule is CCCNC1CCOCC1CN(C)CC(F)F. The molecule has 0 aliphatic carbocycles. The number of halogens is 2. The number of hydrogen-bond donors (Lipinski definition) is 1. The van der Waals surface area contributed by atoms with Gasteiger partial charge in [-0.25, -0.2) is 8.78 Å². The van der Waals surface area contributed by atoms with Crippen LogP contribution < -0.4 is 5.32 Å². The number of nitrogens with zero attached hydrogens (tertiary/aromatic N) is 1. The summed E-state index contributed by atoms with van der Waals surface area (Å²) in [5.41, 5.74) is 0. The molecule has 0 saturated carbocycles. The molecule has 5 heteroatoms. The van der Waals surface area contributed by atoms with E-state index in [4.69, 9.17) is 4.74 Å². The molecule has 0 bridgehead atoms. The molecular weight excluding hydrogens is 226 g/mol. The lowest BCUT2D eigenvalue weighted by atomic mass is 9.95. The molecule has 1 saturated heterocycles. The van der Waals surface area contributed by atoms with Crippen molar-refractivity contribution in [2.24, 2.45) is 5.92 Å². The van der Waals surface area contributed by atoms with Gasteiger partial charge in [0.1, 0.15) is 0 Å². The molecule has 1 aliphatic heterocycles. The molecule has 0 radical (unpaired) electrons. The first-order chi connectivity index (χ1) is 8.13. The van der Waals surface area contributed by atoms with Crippen LogP contribution in [0.25, 0.3) is 0 Å². The third-order valence-corrected chi connectivity index (χ3v) is 3.13. The predicted octanol–water partition coefficient (Wildman–Crippen LogP) is 1.59. The van der Waals surface area contributed by atoms with Crippen molar-refractivity contribution in [1.29, 1.82) is 0 Å². The maximum Gasteiger partial charge on any atom is 0.251 e. The fourth-order valence-corrected chi connectivity index (χ4v) is 2.29. The number of nitrogens with one attached hydrogen (secondary N) is 1. The van der Waals surface area contributed by atoms with E-state index in [2.05, 4.69) is 12.2 Å². The van der Waals surface area contributed by atoms with Crippen LogP contribution in [-0.4, -0.2) is 57.3 Å². The Bertz CT molecular complexity index is 205. The lowest BCUT2D eigenvalue weighted by Gasteiger charge is -2.34. The highest BCUT2D eigenvalue weighted by Crippen LogP contribution is 2.16. The average molecular weight is 250 g/mol. The molecule has 0 aromatic carbocycles. The third kappa shape index (κ3) is 5.75. The topological polar surface area (TPSA) is 24.5 Å². The Morgan fingerprint density at radius 2 is 2.24 bits per heavy atom. The molecule has 0 amide bonds. The number of alkyl halides is 2. The summed E-state index contributed by atoms with van der Waals surface area (Å²) < 4.78 is 29.9. The molecule has 102 valence electrons. The van der Waals surface area contributed by atoms with E-state index in [1.54, 1.807) is 11.9 Å². The van der Waals surface area contributed by atoms with Crippen LogP contribution in [0.5, 0.6) is 0 Å². The Balaban J connectivity index is 2.36. The van der Waals surface area contributed by atoms with E-state index in [0.717, 1.165) is 26.0 Å². The molecule has 1 N–H and O–H groups in total. The number of hydrogen-bond acceptors (Lipinski definition) is 3. The van der Waals surface area contributed by atoms with Crippen LogP contribution >= 0.6 is 0 Å². The Morgan fingerprint density at radius 3 is 2.88 bits per heavy atom. The molecule has 17 heavy (non-hydrogen) atoms. The zero-order valence-electron chi connectivity index (χ0n) is 10.8. The van der Waals surface area contributed by atoms with E-state index in [1.807, 2.05) is 0 Å². The van der Waals surface area contributed by atoms with Crippen molar-refractivity contribution >= 4 is 0 Å². The van der Waals surface area contributed by atoms with Crippen LogP contribution in [0.2, 0.25) is 0 Å². The minimum atomic E-state index is -2.26. The third-order valence-electron chi connectivity index (χ3n) is 3.13. The zero-order chi connectivity index (χ0) is 12.7. The van der Waals surface area contributed by atoms with E-state index in [0.29, 0.717) is 25.1 Å². The largest absolute Gasteiger partial charge is 0.381 e. The van der Waals surface area contributed by atoms with Gasteiger partial charge in [-0.05, 0) is 26.4 Å². The fourth-order valence-electron chi connectivity index (χ4n) is 2.29. The van der Waals surface area contributed by atoms with Crippen molar-refractivity contribution < 1.29 is 13.5 Å². The monoisotopic (exact) mass is 250 g/mol. The lowest BCUT2D eigenvalue weighted by Crippen LogP contribution is -2.47. The summed E-state index contributed by atoms with van der Waals surface area (Å²) in [6.07, 6.45) is -0.184. The van der Waals surface area contributed by atoms with Crippen LogP contribution in [-0.2, 0) is 4.74 Å². The standard InChI is InChI=1S/C12H24F2N2O/c1-3-5-15-11-4-6-17-9-10(11)7-16(2)8-12(13)14/h10-12,15H,3-9H2,1-2H3. The first kappa shape index (κ1) is 14.8. The van der Waals surface area contributed by atoms with Crippen LogP contribution in [0.15, 0.2) is 0 Å². The Kier molecular flexibility index (Phi) is 6.92. The van der Waals surface area contributed by atoms with Gasteiger partial charge in [0.2, 0.25) is 0 Å². The van der Waals surface area contributed by atoms with Gasteiger partial charge in [-0.2, -0.15) is 0 Å². The average Bonchev–Trinajstić information content (AvgIpc) is 2.26. The van der Waals surface area contributed by atoms with Gasteiger partial charge in [0.15, 0.2) is 0 Å². The Morgan fingerprint density at radius 1 is 1.47 bits per heavy atom. The Hall–Kier alpha value is -0.260. The summed E-state index contributed by atoms with van der Waals surface area (Å²) in [6.45, 7) is 5.08. The second kappa shape index (κ2) is 7.95. The van der Waals surface area contributed by atoms with Crippen molar-refractivity contribution in [3.8, 4) is 0 Å². The highest BCUT2D eigenvalue weighted by Gasteiger charge is 2.26. The summed E-state index contributed by atoms with van der Waals surface area (Å²) >= 11 is 0. The van der Waals surface area contributed by atoms with Crippen molar-refractivity contribution in [1.82, 2.24) is 10.2 Å². The molecule has 3 nitrogen and oxygen atoms in total. The summed E-state index contributed by atoms with van der Waals surface area (Å²) in [5.74, 6) is 0.319. The van der Waals surface area contributed by atoms with Crippen LogP contribution in [0.4, 0.5) is 8.78 Å². The summed E-state index contributed by atoms with van der Waals surface area (Å²) in [7, 11) is 1.75. The molecule has 2 atom stereocenters. The minimum absolute atomic E-state index is 0.156. The zero-order valence-corrected chi connectivity index (χ0v) is 10.8. The number of rotatable bonds is 7. The molecule has 1 rings (SSSR count). The van der Waals surface area contributed by atoms with Gasteiger partial charge in [0, 0.05) is 25.1 Å². The molecule has 1 aliphatic rings. The van der Waals surface area contributed by atoms with Gasteiger partial charge in [-0.1, -0.05) is 6.92 Å². The second-order valence-corrected chi connectivity index (χ2v) is 4.80. The van der Waals surface area contributed by atoms with Crippen LogP contribution in [0.3, 0.4) is 0 Å². The quantitative estimate of drug-likeness (QED) is 0.742. The second-order valence-electron chi connectivity index (χ2n) is 4.80. The van der Waals surface area contributed by atoms with Gasteiger partial charge < -0.3 is 15.0 Å². The highest BCUT2D eigenvalue weighted by molar-refractivity contribution is 4.81. The van der Waals surface area contributed by atoms with Gasteiger partial charge in [-0.3, -0.25) is 0 Å². The normalized spacial score (nSPS) is 25.8. The van der Waals surface area contributed by atoms with Gasteiger partial charge in [0.25, 0.3) is 6.43 Å². The first-order valence-corrected chi connectivity index (χ1v) is 6.41. The van der Waals surface area contributed by atoms with Crippen LogP contribution in [0.1, 0.15) is 19.8 Å². The summed E-state index contributed by atoms with van der Waals surface area (Å²) in [6, 6.07) is 0.406. The minimum Gasteiger partial charge on any atom is -0.381 e. The van der Waals surface area contributed by atoms with Gasteiger partial charge >= 0.3 is 0 Å². The molecule has 1 fully saturated rings. The number of ether oxygens (including phenoxy) is 1. The predicted molar refractivity (Wildman–Crippen MR) is 64.5 cm³/mol. The molecule has 1 heterocycles. The van der Waals surface area contributed by atoms with E-state index in [1.165, 1.54) is 0 Å². The van der Waals surface area contributed by atoms with E-state index >= 15 is 0 Å². The molecule has 0 aromatic rings. The van der Waals surface area contributed by atoms with E-state index in [-0.39, 0.29) is 6.54 Å². The van der Waals surface area contributed by atoms with E-state index in [9.17, 15) is 8.78 Å². The molecule has 2 unspecified atom stereocenters. The maximum atomic E-state index is 12.3. The maximum absolute atomic E-state index is 12.3. The van der Waals surface area contributed by atoms with Crippen molar-refractivity contribution in [2.45, 2.75) is 32.2 Å². The highest BCUT2D eigenvalue weighted by atomic mass is 19.3. The van der Waals surface area contributed by atoms with Gasteiger partial charge in [0.05, 0.1) is 13.2 Å². The summed E-state index contributed by atoms with van der Waals surface area (Å²) in [4.78, 5) is 1.70. The lowest BCUT2D eigenvalue weighted by molar-refractivity contribution is 0.0111. The van der Waals surface area contributed by atoms with E-state index < -0.39 is 6.43 Å². The summed E-state index contributed by atoms with van der Waals surface area (Å²) in [5, 5.41) is 3.49. The van der Waals surface area contributed by atoms with Crippen molar-refractivity contribution in [2.75, 3.05) is 39.9 Å². The fraction of sp³-hybridized carbons (Fsp3) is 1.00. The van der Waals surface area contributed by atoms with Crippen molar-refractivity contribution in [3.05, 3.63) is 0 Å². The van der Waals surface area contributed by atoms with Crippen LogP contribution in [0, 0.1) is 5.92 Å². The molecular formula is C12H24F2N2O.